The van der Waals surface area contributed by atoms with Gasteiger partial charge < -0.3 is 24.8 Å². The van der Waals surface area contributed by atoms with E-state index < -0.39 is 30.7 Å². The Balaban J connectivity index is 1.74. The van der Waals surface area contributed by atoms with Crippen molar-refractivity contribution in [1.29, 1.82) is 0 Å². The molecule has 2 heterocycles. The second-order valence-electron chi connectivity index (χ2n) is 6.82. The average Bonchev–Trinajstić information content (AvgIpc) is 3.11. The first kappa shape index (κ1) is 19.8. The van der Waals surface area contributed by atoms with Crippen LogP contribution >= 0.6 is 0 Å². The Bertz CT molecular complexity index is 662. The molecule has 0 radical (unpaired) electrons. The van der Waals surface area contributed by atoms with Gasteiger partial charge in [-0.25, -0.2) is 0 Å². The molecule has 0 saturated carbocycles. The van der Waals surface area contributed by atoms with Crippen LogP contribution in [0.4, 0.5) is 13.2 Å². The van der Waals surface area contributed by atoms with Gasteiger partial charge >= 0.3 is 6.18 Å². The minimum absolute atomic E-state index is 0.277. The van der Waals surface area contributed by atoms with Crippen molar-refractivity contribution in [1.82, 2.24) is 10.2 Å². The summed E-state index contributed by atoms with van der Waals surface area (Å²) in [6.45, 7) is 2.67. The molecule has 2 atom stereocenters. The normalized spacial score (nSPS) is 19.6. The van der Waals surface area contributed by atoms with Gasteiger partial charge in [0.25, 0.3) is 0 Å². The molecule has 2 N–H and O–H groups in total. The smallest absolute Gasteiger partial charge is 0.397 e. The summed E-state index contributed by atoms with van der Waals surface area (Å²) in [5.41, 5.74) is 0.454. The highest BCUT2D eigenvalue weighted by Gasteiger charge is 2.34. The fourth-order valence-corrected chi connectivity index (χ4v) is 3.38. The lowest BCUT2D eigenvalue weighted by Gasteiger charge is -2.29. The van der Waals surface area contributed by atoms with Crippen LogP contribution in [0.5, 0.6) is 11.5 Å². The minimum Gasteiger partial charge on any atom is -0.486 e. The Kier molecular flexibility index (Phi) is 6.11. The number of likely N-dealkylation sites (tertiary alicyclic amines) is 1. The number of hydrogen-bond donors (Lipinski definition) is 2. The van der Waals surface area contributed by atoms with Crippen LogP contribution in [-0.2, 0) is 4.79 Å². The highest BCUT2D eigenvalue weighted by molar-refractivity contribution is 5.77. The fraction of sp³-hybridized carbons (Fsp3) is 0.611. The van der Waals surface area contributed by atoms with Crippen LogP contribution in [0.1, 0.15) is 30.9 Å². The number of rotatable bonds is 6. The number of carbonyl (C=O) groups is 1. The van der Waals surface area contributed by atoms with Gasteiger partial charge in [-0.2, -0.15) is 13.2 Å². The van der Waals surface area contributed by atoms with Crippen LogP contribution < -0.4 is 14.8 Å². The second kappa shape index (κ2) is 8.35. The lowest BCUT2D eigenvalue weighted by Crippen LogP contribution is -2.47. The predicted molar refractivity (Wildman–Crippen MR) is 90.7 cm³/mol. The third kappa shape index (κ3) is 5.49. The van der Waals surface area contributed by atoms with Crippen LogP contribution in [0.3, 0.4) is 0 Å². The molecule has 2 aliphatic heterocycles. The summed E-state index contributed by atoms with van der Waals surface area (Å²) in [5.74, 6) is -0.128. The van der Waals surface area contributed by atoms with Crippen molar-refractivity contribution >= 4 is 5.91 Å². The first-order chi connectivity index (χ1) is 12.8. The van der Waals surface area contributed by atoms with Crippen molar-refractivity contribution < 1.29 is 32.5 Å². The molecule has 0 spiro atoms. The molecule has 27 heavy (non-hydrogen) atoms. The monoisotopic (exact) mass is 388 g/mol. The number of aliphatic hydroxyl groups excluding tert-OH is 1. The number of ether oxygens (including phenoxy) is 2. The molecule has 0 aliphatic carbocycles. The minimum atomic E-state index is -4.59. The molecule has 3 rings (SSSR count). The zero-order valence-electron chi connectivity index (χ0n) is 14.8. The molecule has 1 aromatic carbocycles. The van der Waals surface area contributed by atoms with E-state index in [9.17, 15) is 23.1 Å². The van der Waals surface area contributed by atoms with Crippen LogP contribution in [-0.4, -0.2) is 61.0 Å². The molecule has 9 heteroatoms. The topological polar surface area (TPSA) is 71.0 Å². The van der Waals surface area contributed by atoms with Crippen LogP contribution in [0.2, 0.25) is 0 Å². The third-order valence-electron chi connectivity index (χ3n) is 4.65. The summed E-state index contributed by atoms with van der Waals surface area (Å²) < 4.78 is 48.5. The molecule has 0 aromatic heterocycles. The Morgan fingerprint density at radius 1 is 1.19 bits per heavy atom. The third-order valence-corrected chi connectivity index (χ3v) is 4.65. The molecule has 1 saturated heterocycles. The Labute approximate surface area is 155 Å². The summed E-state index contributed by atoms with van der Waals surface area (Å²) in [7, 11) is 0. The summed E-state index contributed by atoms with van der Waals surface area (Å²) in [5, 5.41) is 13.1. The number of nitrogens with one attached hydrogen (secondary N) is 1. The van der Waals surface area contributed by atoms with E-state index in [1.54, 1.807) is 18.2 Å². The van der Waals surface area contributed by atoms with Crippen LogP contribution in [0.15, 0.2) is 18.2 Å². The van der Waals surface area contributed by atoms with Gasteiger partial charge in [-0.15, -0.1) is 0 Å². The Hall–Kier alpha value is -2.00. The van der Waals surface area contributed by atoms with Crippen molar-refractivity contribution in [3.63, 3.8) is 0 Å². The maximum atomic E-state index is 12.5. The fourth-order valence-electron chi connectivity index (χ4n) is 3.38. The van der Waals surface area contributed by atoms with E-state index >= 15 is 0 Å². The SMILES string of the molecule is O=C(CC(F)(F)F)N[C@H](CN1CCCC1)[C@@H](O)c1ccc2c(c1)OCCO2. The number of aliphatic hydroxyl groups is 1. The molecule has 6 nitrogen and oxygen atoms in total. The van der Waals surface area contributed by atoms with Crippen molar-refractivity contribution in [2.75, 3.05) is 32.8 Å². The zero-order valence-corrected chi connectivity index (χ0v) is 14.8. The lowest BCUT2D eigenvalue weighted by molar-refractivity contribution is -0.154. The van der Waals surface area contributed by atoms with E-state index in [0.29, 0.717) is 30.3 Å². The first-order valence-electron chi connectivity index (χ1n) is 8.98. The number of amides is 1. The number of alkyl halides is 3. The highest BCUT2D eigenvalue weighted by Crippen LogP contribution is 2.33. The molecule has 150 valence electrons. The first-order valence-corrected chi connectivity index (χ1v) is 8.98. The quantitative estimate of drug-likeness (QED) is 0.780. The second-order valence-corrected chi connectivity index (χ2v) is 6.82. The number of fused-ring (bicyclic) bond motifs is 1. The largest absolute Gasteiger partial charge is 0.486 e. The standard InChI is InChI=1S/C18H23F3N2O4/c19-18(20,21)10-16(24)22-13(11-23-5-1-2-6-23)17(25)12-3-4-14-15(9-12)27-8-7-26-14/h3-4,9,13,17,25H,1-2,5-8,10-11H2,(H,22,24)/t13-,17+/m1/s1. The van der Waals surface area contributed by atoms with Gasteiger partial charge in [0.05, 0.1) is 6.04 Å². The van der Waals surface area contributed by atoms with E-state index in [0.717, 1.165) is 25.9 Å². The maximum Gasteiger partial charge on any atom is 0.397 e. The number of hydrogen-bond acceptors (Lipinski definition) is 5. The van der Waals surface area contributed by atoms with Crippen LogP contribution in [0.25, 0.3) is 0 Å². The number of nitrogens with zero attached hydrogens (tertiary/aromatic N) is 1. The molecule has 1 aromatic rings. The molecule has 1 amide bonds. The van der Waals surface area contributed by atoms with E-state index in [1.807, 2.05) is 4.90 Å². The number of halogens is 3. The number of benzene rings is 1. The summed E-state index contributed by atoms with van der Waals surface area (Å²) in [4.78, 5) is 13.8. The molecular weight excluding hydrogens is 365 g/mol. The molecule has 0 unspecified atom stereocenters. The van der Waals surface area contributed by atoms with Gasteiger partial charge in [-0.3, -0.25) is 4.79 Å². The van der Waals surface area contributed by atoms with E-state index in [1.165, 1.54) is 0 Å². The van der Waals surface area contributed by atoms with E-state index in [-0.39, 0.29) is 6.54 Å². The van der Waals surface area contributed by atoms with E-state index in [4.69, 9.17) is 9.47 Å². The Morgan fingerprint density at radius 2 is 1.85 bits per heavy atom. The van der Waals surface area contributed by atoms with Crippen LogP contribution in [0, 0.1) is 0 Å². The zero-order chi connectivity index (χ0) is 19.4. The van der Waals surface area contributed by atoms with Gasteiger partial charge in [0, 0.05) is 6.54 Å². The average molecular weight is 388 g/mol. The summed E-state index contributed by atoms with van der Waals surface area (Å²) >= 11 is 0. The Morgan fingerprint density at radius 3 is 2.52 bits per heavy atom. The van der Waals surface area contributed by atoms with Crippen molar-refractivity contribution in [2.45, 2.75) is 37.6 Å². The van der Waals surface area contributed by atoms with Crippen molar-refractivity contribution in [2.24, 2.45) is 0 Å². The lowest BCUT2D eigenvalue weighted by atomic mass is 10.0. The summed E-state index contributed by atoms with van der Waals surface area (Å²) in [6.07, 6.45) is -5.35. The van der Waals surface area contributed by atoms with Gasteiger partial charge in [-0.1, -0.05) is 6.07 Å². The van der Waals surface area contributed by atoms with E-state index in [2.05, 4.69) is 5.32 Å². The molecule has 1 fully saturated rings. The van der Waals surface area contributed by atoms with Gasteiger partial charge in [-0.05, 0) is 43.6 Å². The van der Waals surface area contributed by atoms with Gasteiger partial charge in [0.1, 0.15) is 25.7 Å². The van der Waals surface area contributed by atoms with Gasteiger partial charge in [0.2, 0.25) is 5.91 Å². The molecular formula is C18H23F3N2O4. The maximum absolute atomic E-state index is 12.5. The molecule has 2 aliphatic rings. The number of carbonyl (C=O) groups excluding carboxylic acids is 1. The van der Waals surface area contributed by atoms with Crippen molar-refractivity contribution in [3.05, 3.63) is 23.8 Å². The summed E-state index contributed by atoms with van der Waals surface area (Å²) in [6, 6.07) is 4.02. The van der Waals surface area contributed by atoms with Crippen molar-refractivity contribution in [3.8, 4) is 11.5 Å². The van der Waals surface area contributed by atoms with Gasteiger partial charge in [0.15, 0.2) is 11.5 Å². The molecule has 0 bridgehead atoms. The highest BCUT2D eigenvalue weighted by atomic mass is 19.4. The predicted octanol–water partition coefficient (Wildman–Crippen LogP) is 2.02.